The first-order valence-corrected chi connectivity index (χ1v) is 11.4. The molecule has 1 aliphatic heterocycles. The van der Waals surface area contributed by atoms with Crippen molar-refractivity contribution in [3.8, 4) is 5.75 Å². The fraction of sp³-hybridized carbons (Fsp3) is 0.450. The van der Waals surface area contributed by atoms with Crippen LogP contribution in [0.15, 0.2) is 27.9 Å². The van der Waals surface area contributed by atoms with Gasteiger partial charge in [0.05, 0.1) is 4.90 Å². The van der Waals surface area contributed by atoms with Crippen LogP contribution in [0.4, 0.5) is 4.39 Å². The minimum absolute atomic E-state index is 0.105. The van der Waals surface area contributed by atoms with E-state index in [0.717, 1.165) is 16.7 Å². The molecule has 0 bridgehead atoms. The van der Waals surface area contributed by atoms with Crippen LogP contribution < -0.4 is 10.9 Å². The van der Waals surface area contributed by atoms with Crippen LogP contribution >= 0.6 is 0 Å². The highest BCUT2D eigenvalue weighted by molar-refractivity contribution is 7.89. The standard InChI is InChI=1S/C20H25FN4O6S/c1-4-25-18(28)16(26)15(23-19(25)20(2,3)29)17(27)22-11-12-6-7-13(21)10-14(12)32(30,31)24-8-5-9-24/h6-7,10,26,29H,4-5,8-9,11H2,1-3H3,(H,22,27). The van der Waals surface area contributed by atoms with E-state index < -0.39 is 44.4 Å². The first-order chi connectivity index (χ1) is 14.9. The summed E-state index contributed by atoms with van der Waals surface area (Å²) in [5.41, 5.74) is -2.94. The maximum absolute atomic E-state index is 13.8. The zero-order valence-electron chi connectivity index (χ0n) is 17.9. The van der Waals surface area contributed by atoms with Crippen molar-refractivity contribution in [2.75, 3.05) is 13.1 Å². The summed E-state index contributed by atoms with van der Waals surface area (Å²) in [5.74, 6) is -2.71. The maximum Gasteiger partial charge on any atom is 0.296 e. The highest BCUT2D eigenvalue weighted by Gasteiger charge is 2.32. The summed E-state index contributed by atoms with van der Waals surface area (Å²) in [4.78, 5) is 28.9. The molecule has 0 radical (unpaired) electrons. The molecule has 1 aromatic carbocycles. The van der Waals surface area contributed by atoms with E-state index in [9.17, 15) is 32.6 Å². The van der Waals surface area contributed by atoms with E-state index in [2.05, 4.69) is 10.3 Å². The average Bonchev–Trinajstić information content (AvgIpc) is 2.66. The van der Waals surface area contributed by atoms with Gasteiger partial charge in [-0.1, -0.05) is 6.07 Å². The lowest BCUT2D eigenvalue weighted by Gasteiger charge is -2.30. The quantitative estimate of drug-likeness (QED) is 0.542. The van der Waals surface area contributed by atoms with Crippen LogP contribution in [0, 0.1) is 5.82 Å². The third-order valence-electron chi connectivity index (χ3n) is 5.13. The van der Waals surface area contributed by atoms with Crippen LogP contribution in [0.5, 0.6) is 5.75 Å². The van der Waals surface area contributed by atoms with Crippen molar-refractivity contribution in [2.24, 2.45) is 0 Å². The summed E-state index contributed by atoms with van der Waals surface area (Å²) in [7, 11) is -3.93. The number of aromatic nitrogens is 2. The van der Waals surface area contributed by atoms with Gasteiger partial charge in [-0.2, -0.15) is 4.31 Å². The number of aromatic hydroxyl groups is 1. The molecule has 12 heteroatoms. The predicted molar refractivity (Wildman–Crippen MR) is 112 cm³/mol. The molecule has 0 atom stereocenters. The number of carbonyl (C=O) groups is 1. The number of hydrogen-bond donors (Lipinski definition) is 3. The Bertz CT molecular complexity index is 1220. The number of carbonyl (C=O) groups excluding carboxylic acids is 1. The number of benzene rings is 1. The summed E-state index contributed by atoms with van der Waals surface area (Å²) < 4.78 is 41.5. The second-order valence-electron chi connectivity index (χ2n) is 7.93. The van der Waals surface area contributed by atoms with E-state index in [1.807, 2.05) is 0 Å². The van der Waals surface area contributed by atoms with Crippen LogP contribution in [0.3, 0.4) is 0 Å². The van der Waals surface area contributed by atoms with Gasteiger partial charge in [0.15, 0.2) is 5.69 Å². The topological polar surface area (TPSA) is 142 Å². The SMILES string of the molecule is CCn1c(C(C)(C)O)nc(C(=O)NCc2ccc(F)cc2S(=O)(=O)N2CCC2)c(O)c1=O. The number of halogens is 1. The maximum atomic E-state index is 13.8. The predicted octanol–water partition coefficient (Wildman–Crippen LogP) is 0.660. The van der Waals surface area contributed by atoms with Crippen molar-refractivity contribution < 1.29 is 27.8 Å². The van der Waals surface area contributed by atoms with Crippen LogP contribution in [-0.4, -0.2) is 51.5 Å². The number of nitrogens with zero attached hydrogens (tertiary/aromatic N) is 3. The van der Waals surface area contributed by atoms with Crippen molar-refractivity contribution in [2.45, 2.75) is 50.8 Å². The summed E-state index contributed by atoms with van der Waals surface area (Å²) in [6, 6.07) is 3.20. The highest BCUT2D eigenvalue weighted by Crippen LogP contribution is 2.25. The fourth-order valence-corrected chi connectivity index (χ4v) is 5.05. The normalized spacial score (nSPS) is 14.8. The van der Waals surface area contributed by atoms with Gasteiger partial charge in [-0.05, 0) is 44.9 Å². The molecule has 1 fully saturated rings. The smallest absolute Gasteiger partial charge is 0.296 e. The Morgan fingerprint density at radius 2 is 1.97 bits per heavy atom. The molecule has 2 aromatic rings. The van der Waals surface area contributed by atoms with E-state index in [1.54, 1.807) is 6.92 Å². The molecule has 0 unspecified atom stereocenters. The first-order valence-electron chi connectivity index (χ1n) is 10.0. The monoisotopic (exact) mass is 468 g/mol. The molecule has 0 aliphatic carbocycles. The summed E-state index contributed by atoms with van der Waals surface area (Å²) in [5, 5.41) is 22.9. The van der Waals surface area contributed by atoms with Crippen LogP contribution in [0.25, 0.3) is 0 Å². The summed E-state index contributed by atoms with van der Waals surface area (Å²) in [6.45, 7) is 4.82. The Morgan fingerprint density at radius 3 is 2.50 bits per heavy atom. The van der Waals surface area contributed by atoms with Gasteiger partial charge in [0, 0.05) is 26.2 Å². The van der Waals surface area contributed by atoms with E-state index in [4.69, 9.17) is 0 Å². The Morgan fingerprint density at radius 1 is 1.31 bits per heavy atom. The third-order valence-corrected chi connectivity index (χ3v) is 7.11. The molecular weight excluding hydrogens is 443 g/mol. The molecule has 10 nitrogen and oxygen atoms in total. The number of aliphatic hydroxyl groups is 1. The molecule has 1 saturated heterocycles. The second-order valence-corrected chi connectivity index (χ2v) is 9.84. The Hall–Kier alpha value is -2.83. The Labute approximate surface area is 184 Å². The van der Waals surface area contributed by atoms with Crippen molar-refractivity contribution >= 4 is 15.9 Å². The molecule has 1 aliphatic rings. The number of sulfonamides is 1. The Balaban J connectivity index is 1.94. The van der Waals surface area contributed by atoms with Crippen LogP contribution in [0.2, 0.25) is 0 Å². The molecule has 0 saturated carbocycles. The fourth-order valence-electron chi connectivity index (χ4n) is 3.30. The lowest BCUT2D eigenvalue weighted by molar-refractivity contribution is 0.0622. The van der Waals surface area contributed by atoms with Gasteiger partial charge in [0.25, 0.3) is 11.5 Å². The number of hydrogen-bond acceptors (Lipinski definition) is 7. The molecule has 2 heterocycles. The lowest BCUT2D eigenvalue weighted by Crippen LogP contribution is -2.42. The van der Waals surface area contributed by atoms with E-state index in [1.165, 1.54) is 24.2 Å². The number of rotatable bonds is 7. The first kappa shape index (κ1) is 23.8. The number of nitrogens with one attached hydrogen (secondary N) is 1. The van der Waals surface area contributed by atoms with Crippen molar-refractivity contribution in [3.63, 3.8) is 0 Å². The average molecular weight is 469 g/mol. The second kappa shape index (κ2) is 8.60. The van der Waals surface area contributed by atoms with Crippen molar-refractivity contribution in [1.82, 2.24) is 19.2 Å². The van der Waals surface area contributed by atoms with Gasteiger partial charge in [0.1, 0.15) is 17.2 Å². The van der Waals surface area contributed by atoms with Gasteiger partial charge in [-0.15, -0.1) is 0 Å². The third kappa shape index (κ3) is 4.38. The van der Waals surface area contributed by atoms with Gasteiger partial charge in [0.2, 0.25) is 15.8 Å². The van der Waals surface area contributed by atoms with Crippen LogP contribution in [-0.2, 0) is 28.7 Å². The molecule has 1 amide bonds. The largest absolute Gasteiger partial charge is 0.501 e. The van der Waals surface area contributed by atoms with Gasteiger partial charge in [-0.3, -0.25) is 14.2 Å². The van der Waals surface area contributed by atoms with E-state index in [0.29, 0.717) is 19.5 Å². The van der Waals surface area contributed by atoms with Crippen molar-refractivity contribution in [3.05, 3.63) is 51.5 Å². The van der Waals surface area contributed by atoms with Crippen molar-refractivity contribution in [1.29, 1.82) is 0 Å². The van der Waals surface area contributed by atoms with E-state index >= 15 is 0 Å². The number of amides is 1. The summed E-state index contributed by atoms with van der Waals surface area (Å²) in [6.07, 6.45) is 0.707. The molecule has 3 rings (SSSR count). The minimum atomic E-state index is -3.93. The van der Waals surface area contributed by atoms with E-state index in [-0.39, 0.29) is 29.4 Å². The summed E-state index contributed by atoms with van der Waals surface area (Å²) >= 11 is 0. The zero-order chi connectivity index (χ0) is 23.8. The Kier molecular flexibility index (Phi) is 6.40. The van der Waals surface area contributed by atoms with Gasteiger partial charge in [-0.25, -0.2) is 17.8 Å². The highest BCUT2D eigenvalue weighted by atomic mass is 32.2. The van der Waals surface area contributed by atoms with Gasteiger partial charge >= 0.3 is 0 Å². The minimum Gasteiger partial charge on any atom is -0.501 e. The van der Waals surface area contributed by atoms with Gasteiger partial charge < -0.3 is 15.5 Å². The van der Waals surface area contributed by atoms with Crippen LogP contribution in [0.1, 0.15) is 49.1 Å². The lowest BCUT2D eigenvalue weighted by atomic mass is 10.1. The molecule has 1 aromatic heterocycles. The molecule has 174 valence electrons. The molecule has 32 heavy (non-hydrogen) atoms. The zero-order valence-corrected chi connectivity index (χ0v) is 18.7. The molecular formula is C20H25FN4O6S. The molecule has 3 N–H and O–H groups in total. The molecule has 0 spiro atoms.